The summed E-state index contributed by atoms with van der Waals surface area (Å²) in [4.78, 5) is 20.9. The summed E-state index contributed by atoms with van der Waals surface area (Å²) in [5, 5.41) is 3.99. The molecule has 2 aromatic heterocycles. The van der Waals surface area contributed by atoms with Crippen LogP contribution in [0.3, 0.4) is 0 Å². The van der Waals surface area contributed by atoms with Gasteiger partial charge in [-0.15, -0.1) is 0 Å². The van der Waals surface area contributed by atoms with E-state index >= 15 is 0 Å². The molecule has 0 aromatic carbocycles. The first-order valence-corrected chi connectivity index (χ1v) is 7.97. The highest BCUT2D eigenvalue weighted by atomic mass is 19.1. The van der Waals surface area contributed by atoms with Gasteiger partial charge in [0.25, 0.3) is 5.89 Å². The van der Waals surface area contributed by atoms with E-state index in [9.17, 15) is 9.18 Å². The van der Waals surface area contributed by atoms with Gasteiger partial charge in [-0.2, -0.15) is 4.98 Å². The SMILES string of the molecule is CC(C)(C)OC(=O)N1CCC[C@H](c2noc(-c3cc(F)c[nH]3)n2)C1. The molecular weight excluding hydrogens is 315 g/mol. The first kappa shape index (κ1) is 16.5. The highest BCUT2D eigenvalue weighted by Crippen LogP contribution is 2.27. The van der Waals surface area contributed by atoms with Gasteiger partial charge in [0.05, 0.1) is 0 Å². The van der Waals surface area contributed by atoms with Crippen LogP contribution < -0.4 is 0 Å². The van der Waals surface area contributed by atoms with Crippen molar-refractivity contribution >= 4 is 6.09 Å². The van der Waals surface area contributed by atoms with Crippen LogP contribution in [0.5, 0.6) is 0 Å². The molecule has 1 aliphatic heterocycles. The van der Waals surface area contributed by atoms with E-state index in [1.165, 1.54) is 12.3 Å². The van der Waals surface area contributed by atoms with Crippen molar-refractivity contribution in [2.45, 2.75) is 45.1 Å². The quantitative estimate of drug-likeness (QED) is 0.909. The van der Waals surface area contributed by atoms with Crippen molar-refractivity contribution in [1.29, 1.82) is 0 Å². The van der Waals surface area contributed by atoms with Crippen molar-refractivity contribution in [3.05, 3.63) is 23.9 Å². The van der Waals surface area contributed by atoms with E-state index in [0.717, 1.165) is 12.8 Å². The molecule has 8 heteroatoms. The van der Waals surface area contributed by atoms with Gasteiger partial charge in [-0.3, -0.25) is 0 Å². The van der Waals surface area contributed by atoms with E-state index in [0.29, 0.717) is 24.6 Å². The topological polar surface area (TPSA) is 84.2 Å². The Labute approximate surface area is 139 Å². The molecule has 24 heavy (non-hydrogen) atoms. The number of H-pyrrole nitrogens is 1. The molecule has 0 radical (unpaired) electrons. The maximum atomic E-state index is 13.1. The second-order valence-electron chi connectivity index (χ2n) is 6.95. The molecule has 0 bridgehead atoms. The van der Waals surface area contributed by atoms with Gasteiger partial charge in [-0.25, -0.2) is 9.18 Å². The number of nitrogens with one attached hydrogen (secondary N) is 1. The van der Waals surface area contributed by atoms with Crippen molar-refractivity contribution in [2.24, 2.45) is 0 Å². The summed E-state index contributed by atoms with van der Waals surface area (Å²) in [5.74, 6) is 0.346. The molecule has 2 aromatic rings. The number of ether oxygens (including phenoxy) is 1. The van der Waals surface area contributed by atoms with Crippen LogP contribution in [0, 0.1) is 5.82 Å². The molecule has 1 atom stereocenters. The molecule has 3 heterocycles. The Morgan fingerprint density at radius 2 is 2.29 bits per heavy atom. The number of likely N-dealkylation sites (tertiary alicyclic amines) is 1. The van der Waals surface area contributed by atoms with E-state index < -0.39 is 11.4 Å². The summed E-state index contributed by atoms with van der Waals surface area (Å²) in [7, 11) is 0. The molecule has 7 nitrogen and oxygen atoms in total. The van der Waals surface area contributed by atoms with Crippen molar-refractivity contribution < 1.29 is 18.4 Å². The number of amides is 1. The van der Waals surface area contributed by atoms with Crippen LogP contribution in [-0.4, -0.2) is 44.8 Å². The van der Waals surface area contributed by atoms with Crippen LogP contribution in [0.1, 0.15) is 45.4 Å². The van der Waals surface area contributed by atoms with Gasteiger partial charge in [-0.05, 0) is 33.6 Å². The lowest BCUT2D eigenvalue weighted by Gasteiger charge is -2.32. The Morgan fingerprint density at radius 1 is 1.50 bits per heavy atom. The third kappa shape index (κ3) is 3.74. The van der Waals surface area contributed by atoms with Gasteiger partial charge in [0.1, 0.15) is 17.1 Å². The molecule has 0 saturated carbocycles. The van der Waals surface area contributed by atoms with Gasteiger partial charge in [0.2, 0.25) is 0 Å². The first-order chi connectivity index (χ1) is 11.3. The largest absolute Gasteiger partial charge is 0.444 e. The molecule has 1 fully saturated rings. The third-order valence-electron chi connectivity index (χ3n) is 3.76. The molecule has 1 amide bonds. The zero-order valence-corrected chi connectivity index (χ0v) is 14.0. The molecule has 0 spiro atoms. The molecule has 1 aliphatic rings. The second-order valence-corrected chi connectivity index (χ2v) is 6.95. The average molecular weight is 336 g/mol. The van der Waals surface area contributed by atoms with Gasteiger partial charge in [0, 0.05) is 31.3 Å². The van der Waals surface area contributed by atoms with Gasteiger partial charge in [0.15, 0.2) is 5.82 Å². The number of carbonyl (C=O) groups excluding carboxylic acids is 1. The number of aromatic nitrogens is 3. The highest BCUT2D eigenvalue weighted by molar-refractivity contribution is 5.68. The molecule has 1 N–H and O–H groups in total. The summed E-state index contributed by atoms with van der Waals surface area (Å²) in [6, 6.07) is 1.30. The number of hydrogen-bond donors (Lipinski definition) is 1. The normalized spacial score (nSPS) is 18.7. The summed E-state index contributed by atoms with van der Waals surface area (Å²) < 4.78 is 23.7. The lowest BCUT2D eigenvalue weighted by molar-refractivity contribution is 0.0195. The fourth-order valence-electron chi connectivity index (χ4n) is 2.68. The van der Waals surface area contributed by atoms with Gasteiger partial charge in [-0.1, -0.05) is 5.16 Å². The number of hydrogen-bond acceptors (Lipinski definition) is 5. The Hall–Kier alpha value is -2.38. The number of piperidine rings is 1. The van der Waals surface area contributed by atoms with Crippen LogP contribution in [0.25, 0.3) is 11.6 Å². The fraction of sp³-hybridized carbons (Fsp3) is 0.562. The fourth-order valence-corrected chi connectivity index (χ4v) is 2.68. The van der Waals surface area contributed by atoms with Crippen molar-refractivity contribution in [1.82, 2.24) is 20.0 Å². The molecule has 0 aliphatic carbocycles. The number of nitrogens with zero attached hydrogens (tertiary/aromatic N) is 3. The highest BCUT2D eigenvalue weighted by Gasteiger charge is 2.30. The van der Waals surface area contributed by atoms with E-state index in [-0.39, 0.29) is 17.9 Å². The molecular formula is C16H21FN4O3. The molecule has 3 rings (SSSR count). The Balaban J connectivity index is 1.69. The molecule has 0 unspecified atom stereocenters. The summed E-state index contributed by atoms with van der Waals surface area (Å²) in [6.45, 7) is 6.65. The number of carbonyl (C=O) groups is 1. The van der Waals surface area contributed by atoms with Crippen LogP contribution in [-0.2, 0) is 4.74 Å². The van der Waals surface area contributed by atoms with Crippen molar-refractivity contribution in [3.63, 3.8) is 0 Å². The van der Waals surface area contributed by atoms with E-state index in [2.05, 4.69) is 15.1 Å². The van der Waals surface area contributed by atoms with Crippen LogP contribution in [0.15, 0.2) is 16.8 Å². The maximum absolute atomic E-state index is 13.1. The Kier molecular flexibility index (Phi) is 4.29. The van der Waals surface area contributed by atoms with Crippen LogP contribution in [0.4, 0.5) is 9.18 Å². The Bertz CT molecular complexity index is 719. The molecule has 1 saturated heterocycles. The second kappa shape index (κ2) is 6.26. The number of rotatable bonds is 2. The zero-order valence-electron chi connectivity index (χ0n) is 14.0. The average Bonchev–Trinajstić information content (AvgIpc) is 3.14. The summed E-state index contributed by atoms with van der Waals surface area (Å²) in [6.07, 6.45) is 2.59. The predicted molar refractivity (Wildman–Crippen MR) is 83.8 cm³/mol. The summed E-state index contributed by atoms with van der Waals surface area (Å²) >= 11 is 0. The van der Waals surface area contributed by atoms with Crippen molar-refractivity contribution in [2.75, 3.05) is 13.1 Å². The third-order valence-corrected chi connectivity index (χ3v) is 3.76. The minimum Gasteiger partial charge on any atom is -0.444 e. The van der Waals surface area contributed by atoms with Gasteiger partial charge < -0.3 is 19.1 Å². The standard InChI is InChI=1S/C16H21FN4O3/c1-16(2,3)23-15(22)21-6-4-5-10(9-21)13-19-14(24-20-13)12-7-11(17)8-18-12/h7-8,10,18H,4-6,9H2,1-3H3/t10-/m0/s1. The van der Waals surface area contributed by atoms with E-state index in [1.54, 1.807) is 4.90 Å². The lowest BCUT2D eigenvalue weighted by atomic mass is 9.98. The van der Waals surface area contributed by atoms with E-state index in [1.807, 2.05) is 20.8 Å². The summed E-state index contributed by atoms with van der Waals surface area (Å²) in [5.41, 5.74) is -0.0906. The van der Waals surface area contributed by atoms with Crippen LogP contribution in [0.2, 0.25) is 0 Å². The monoisotopic (exact) mass is 336 g/mol. The minimum absolute atomic E-state index is 0.0245. The van der Waals surface area contributed by atoms with Crippen LogP contribution >= 0.6 is 0 Å². The van der Waals surface area contributed by atoms with Gasteiger partial charge >= 0.3 is 6.09 Å². The van der Waals surface area contributed by atoms with Crippen molar-refractivity contribution in [3.8, 4) is 11.6 Å². The smallest absolute Gasteiger partial charge is 0.410 e. The molecule has 130 valence electrons. The van der Waals surface area contributed by atoms with E-state index in [4.69, 9.17) is 9.26 Å². The maximum Gasteiger partial charge on any atom is 0.410 e. The zero-order chi connectivity index (χ0) is 17.3. The number of aromatic amines is 1. The first-order valence-electron chi connectivity index (χ1n) is 7.97. The lowest BCUT2D eigenvalue weighted by Crippen LogP contribution is -2.42. The predicted octanol–water partition coefficient (Wildman–Crippen LogP) is 3.32. The minimum atomic E-state index is -0.527. The Morgan fingerprint density at radius 3 is 2.96 bits per heavy atom. The number of halogens is 1.